The van der Waals surface area contributed by atoms with Gasteiger partial charge in [-0.2, -0.15) is 4.31 Å². The number of quaternary nitrogens is 1. The number of benzene rings is 1. The van der Waals surface area contributed by atoms with E-state index < -0.39 is 10.0 Å². The molecule has 0 bridgehead atoms. The van der Waals surface area contributed by atoms with Gasteiger partial charge in [-0.25, -0.2) is 8.42 Å². The average molecular weight is 409 g/mol. The highest BCUT2D eigenvalue weighted by Gasteiger charge is 2.27. The molecule has 7 heteroatoms. The van der Waals surface area contributed by atoms with Crippen LogP contribution < -0.4 is 10.6 Å². The molecule has 0 unspecified atom stereocenters. The van der Waals surface area contributed by atoms with Crippen molar-refractivity contribution in [3.8, 4) is 0 Å². The molecule has 1 amide bonds. The molecule has 1 saturated carbocycles. The molecule has 1 saturated heterocycles. The third-order valence-electron chi connectivity index (χ3n) is 5.95. The molecule has 3 N–H and O–H groups in total. The van der Waals surface area contributed by atoms with E-state index >= 15 is 0 Å². The number of sulfonamides is 1. The van der Waals surface area contributed by atoms with E-state index in [1.165, 1.54) is 49.3 Å². The number of amides is 1. The van der Waals surface area contributed by atoms with Crippen LogP contribution in [0.5, 0.6) is 0 Å². The highest BCUT2D eigenvalue weighted by molar-refractivity contribution is 7.89. The molecular weight excluding hydrogens is 374 g/mol. The number of carbonyl (C=O) groups excluding carboxylic acids is 1. The number of nitrogens with two attached hydrogens (primary N) is 1. The number of nitrogens with one attached hydrogen (secondary N) is 1. The van der Waals surface area contributed by atoms with Crippen molar-refractivity contribution >= 4 is 21.6 Å². The highest BCUT2D eigenvalue weighted by Crippen LogP contribution is 2.22. The summed E-state index contributed by atoms with van der Waals surface area (Å²) >= 11 is 0. The van der Waals surface area contributed by atoms with Gasteiger partial charge in [-0.05, 0) is 69.7 Å². The fraction of sp³-hybridized carbons (Fsp3) is 0.667. The molecule has 28 heavy (non-hydrogen) atoms. The summed E-state index contributed by atoms with van der Waals surface area (Å²) in [6.07, 6.45) is 10.7. The number of anilines is 1. The zero-order valence-corrected chi connectivity index (χ0v) is 17.7. The van der Waals surface area contributed by atoms with Crippen LogP contribution in [0.2, 0.25) is 0 Å². The molecule has 6 nitrogen and oxygen atoms in total. The van der Waals surface area contributed by atoms with Gasteiger partial charge >= 0.3 is 0 Å². The number of rotatable bonds is 6. The van der Waals surface area contributed by atoms with E-state index in [0.717, 1.165) is 12.8 Å². The minimum atomic E-state index is -3.41. The number of nitrogens with zero attached hydrogens (tertiary/aromatic N) is 1. The maximum Gasteiger partial charge on any atom is 0.282 e. The lowest BCUT2D eigenvalue weighted by molar-refractivity contribution is -0.707. The third kappa shape index (κ3) is 5.55. The molecule has 1 aromatic carbocycles. The second-order valence-electron chi connectivity index (χ2n) is 8.21. The maximum absolute atomic E-state index is 12.6. The van der Waals surface area contributed by atoms with Gasteiger partial charge in [0.15, 0.2) is 6.04 Å². The average Bonchev–Trinajstić information content (AvgIpc) is 3.20. The molecule has 0 spiro atoms. The van der Waals surface area contributed by atoms with Crippen molar-refractivity contribution in [3.63, 3.8) is 0 Å². The topological polar surface area (TPSA) is 83.1 Å². The van der Waals surface area contributed by atoms with Crippen molar-refractivity contribution < 1.29 is 18.5 Å². The molecule has 1 atom stereocenters. The molecule has 0 aromatic heterocycles. The summed E-state index contributed by atoms with van der Waals surface area (Å²) in [5.41, 5.74) is 0.642. The van der Waals surface area contributed by atoms with Crippen molar-refractivity contribution in [2.45, 2.75) is 81.7 Å². The normalized spacial score (nSPS) is 21.0. The third-order valence-corrected chi connectivity index (χ3v) is 7.86. The monoisotopic (exact) mass is 408 g/mol. The van der Waals surface area contributed by atoms with E-state index in [1.54, 1.807) is 24.3 Å². The predicted molar refractivity (Wildman–Crippen MR) is 111 cm³/mol. The zero-order chi connectivity index (χ0) is 20.0. The van der Waals surface area contributed by atoms with E-state index in [9.17, 15) is 13.2 Å². The smallest absolute Gasteiger partial charge is 0.282 e. The van der Waals surface area contributed by atoms with Crippen LogP contribution in [0.1, 0.15) is 64.7 Å². The first-order valence-electron chi connectivity index (χ1n) is 10.7. The Bertz CT molecular complexity index is 735. The second-order valence-corrected chi connectivity index (χ2v) is 10.1. The summed E-state index contributed by atoms with van der Waals surface area (Å²) in [5.74, 6) is -0.0304. The van der Waals surface area contributed by atoms with Crippen LogP contribution >= 0.6 is 0 Å². The lowest BCUT2D eigenvalue weighted by Crippen LogP contribution is -2.96. The van der Waals surface area contributed by atoms with E-state index in [1.807, 2.05) is 6.92 Å². The van der Waals surface area contributed by atoms with Crippen LogP contribution in [-0.4, -0.2) is 43.8 Å². The Balaban J connectivity index is 1.54. The van der Waals surface area contributed by atoms with Crippen LogP contribution in [0.4, 0.5) is 5.69 Å². The molecule has 156 valence electrons. The quantitative estimate of drug-likeness (QED) is 0.758. The van der Waals surface area contributed by atoms with E-state index in [2.05, 4.69) is 10.6 Å². The van der Waals surface area contributed by atoms with Crippen molar-refractivity contribution in [1.29, 1.82) is 0 Å². The lowest BCUT2D eigenvalue weighted by Gasteiger charge is -2.21. The number of carbonyl (C=O) groups is 1. The van der Waals surface area contributed by atoms with Gasteiger partial charge in [0.25, 0.3) is 5.91 Å². The van der Waals surface area contributed by atoms with Gasteiger partial charge in [-0.3, -0.25) is 4.79 Å². The molecule has 2 aliphatic rings. The summed E-state index contributed by atoms with van der Waals surface area (Å²) in [6, 6.07) is 6.91. The summed E-state index contributed by atoms with van der Waals surface area (Å²) in [4.78, 5) is 12.9. The number of hydrogen-bond donors (Lipinski definition) is 2. The van der Waals surface area contributed by atoms with Gasteiger partial charge in [0, 0.05) is 18.8 Å². The van der Waals surface area contributed by atoms with Gasteiger partial charge in [0.1, 0.15) is 0 Å². The molecule has 1 heterocycles. The van der Waals surface area contributed by atoms with E-state index in [0.29, 0.717) is 29.7 Å². The molecule has 3 rings (SSSR count). The molecule has 2 fully saturated rings. The predicted octanol–water partition coefficient (Wildman–Crippen LogP) is 2.47. The molecule has 1 aromatic rings. The van der Waals surface area contributed by atoms with Crippen molar-refractivity contribution in [3.05, 3.63) is 24.3 Å². The summed E-state index contributed by atoms with van der Waals surface area (Å²) in [7, 11) is -3.41. The van der Waals surface area contributed by atoms with Gasteiger partial charge in [0.2, 0.25) is 10.0 Å². The van der Waals surface area contributed by atoms with Crippen LogP contribution in [0.25, 0.3) is 0 Å². The Hall–Kier alpha value is -1.44. The van der Waals surface area contributed by atoms with Crippen LogP contribution in [0.3, 0.4) is 0 Å². The molecular formula is C21H34N3O3S+. The fourth-order valence-corrected chi connectivity index (χ4v) is 5.74. The zero-order valence-electron chi connectivity index (χ0n) is 16.9. The Morgan fingerprint density at radius 3 is 2.18 bits per heavy atom. The Labute approximate surface area is 169 Å². The van der Waals surface area contributed by atoms with E-state index in [-0.39, 0.29) is 11.9 Å². The van der Waals surface area contributed by atoms with Crippen molar-refractivity contribution in [2.75, 3.05) is 18.4 Å². The maximum atomic E-state index is 12.6. The van der Waals surface area contributed by atoms with Gasteiger partial charge < -0.3 is 10.6 Å². The fourth-order valence-electron chi connectivity index (χ4n) is 4.22. The lowest BCUT2D eigenvalue weighted by atomic mass is 9.96. The Kier molecular flexibility index (Phi) is 7.48. The van der Waals surface area contributed by atoms with Crippen LogP contribution in [-0.2, 0) is 14.8 Å². The second kappa shape index (κ2) is 9.85. The first kappa shape index (κ1) is 21.3. The van der Waals surface area contributed by atoms with Crippen LogP contribution in [0, 0.1) is 0 Å². The van der Waals surface area contributed by atoms with Crippen molar-refractivity contribution in [1.82, 2.24) is 4.31 Å². The Morgan fingerprint density at radius 1 is 1.00 bits per heavy atom. The highest BCUT2D eigenvalue weighted by atomic mass is 32.2. The first-order valence-corrected chi connectivity index (χ1v) is 12.2. The SMILES string of the molecule is C[C@@H]([NH2+]C1CCCCCCC1)C(=O)Nc1ccc(S(=O)(=O)N2CCCC2)cc1. The largest absolute Gasteiger partial charge is 0.334 e. The van der Waals surface area contributed by atoms with Crippen LogP contribution in [0.15, 0.2) is 29.2 Å². The Morgan fingerprint density at radius 2 is 1.57 bits per heavy atom. The molecule has 1 aliphatic heterocycles. The standard InChI is InChI=1S/C21H33N3O3S/c1-17(22-18-9-5-3-2-4-6-10-18)21(25)23-19-11-13-20(14-12-19)28(26,27)24-15-7-8-16-24/h11-14,17-18,22H,2-10,15-16H2,1H3,(H,23,25)/p+1/t17-/m1/s1. The summed E-state index contributed by atoms with van der Waals surface area (Å²) in [6.45, 7) is 3.13. The minimum Gasteiger partial charge on any atom is -0.334 e. The van der Waals surface area contributed by atoms with Gasteiger partial charge in [-0.15, -0.1) is 0 Å². The van der Waals surface area contributed by atoms with Gasteiger partial charge in [0.05, 0.1) is 10.9 Å². The first-order chi connectivity index (χ1) is 13.5. The molecule has 1 aliphatic carbocycles. The summed E-state index contributed by atoms with van der Waals surface area (Å²) in [5, 5.41) is 5.13. The summed E-state index contributed by atoms with van der Waals surface area (Å²) < 4.78 is 26.7. The van der Waals surface area contributed by atoms with Gasteiger partial charge in [-0.1, -0.05) is 19.3 Å². The number of hydrogen-bond acceptors (Lipinski definition) is 3. The minimum absolute atomic E-state index is 0.0304. The van der Waals surface area contributed by atoms with E-state index in [4.69, 9.17) is 0 Å². The molecule has 0 radical (unpaired) electrons. The van der Waals surface area contributed by atoms with Crippen molar-refractivity contribution in [2.24, 2.45) is 0 Å².